The highest BCUT2D eigenvalue weighted by molar-refractivity contribution is 5.99. The maximum Gasteiger partial charge on any atom is 0.319 e. The van der Waals surface area contributed by atoms with Crippen molar-refractivity contribution in [1.29, 1.82) is 0 Å². The van der Waals surface area contributed by atoms with Gasteiger partial charge in [-0.3, -0.25) is 4.79 Å². The summed E-state index contributed by atoms with van der Waals surface area (Å²) in [5.41, 5.74) is 3.89. The minimum absolute atomic E-state index is 0.196. The highest BCUT2D eigenvalue weighted by Crippen LogP contribution is 2.37. The predicted molar refractivity (Wildman–Crippen MR) is 115 cm³/mol. The van der Waals surface area contributed by atoms with Crippen LogP contribution >= 0.6 is 0 Å². The number of nitrogens with one attached hydrogen (secondary N) is 2. The Balaban J connectivity index is 1.26. The zero-order chi connectivity index (χ0) is 19.8. The average Bonchev–Trinajstić information content (AvgIpc) is 3.51. The summed E-state index contributed by atoms with van der Waals surface area (Å²) in [5.74, 6) is 0.419. The van der Waals surface area contributed by atoms with Crippen molar-refractivity contribution in [2.45, 2.75) is 25.8 Å². The number of hydrogen-bond acceptors (Lipinski definition) is 2. The topological polar surface area (TPSA) is 61.4 Å². The summed E-state index contributed by atoms with van der Waals surface area (Å²) in [6, 6.07) is 19.8. The molecule has 5 rings (SSSR count). The van der Waals surface area contributed by atoms with Crippen LogP contribution in [0.5, 0.6) is 0 Å². The van der Waals surface area contributed by atoms with Crippen LogP contribution in [0.1, 0.15) is 24.0 Å². The van der Waals surface area contributed by atoms with Gasteiger partial charge in [0.05, 0.1) is 0 Å². The highest BCUT2D eigenvalue weighted by Gasteiger charge is 2.36. The maximum absolute atomic E-state index is 12.5. The molecule has 3 aromatic rings. The molecule has 1 heterocycles. The van der Waals surface area contributed by atoms with Crippen LogP contribution in [0.2, 0.25) is 0 Å². The molecule has 1 saturated carbocycles. The molecule has 5 nitrogen and oxygen atoms in total. The smallest absolute Gasteiger partial charge is 0.319 e. The zero-order valence-electron chi connectivity index (χ0n) is 16.2. The third kappa shape index (κ3) is 3.56. The van der Waals surface area contributed by atoms with E-state index in [2.05, 4.69) is 28.8 Å². The van der Waals surface area contributed by atoms with E-state index in [4.69, 9.17) is 0 Å². The largest absolute Gasteiger partial charge is 0.334 e. The summed E-state index contributed by atoms with van der Waals surface area (Å²) in [4.78, 5) is 26.8. The first-order chi connectivity index (χ1) is 14.2. The number of benzene rings is 3. The van der Waals surface area contributed by atoms with Crippen LogP contribution in [0.4, 0.5) is 16.2 Å². The Morgan fingerprint density at radius 2 is 1.83 bits per heavy atom. The summed E-state index contributed by atoms with van der Waals surface area (Å²) in [6.07, 6.45) is 2.87. The number of hydrogen-bond donors (Lipinski definition) is 2. The molecule has 2 N–H and O–H groups in total. The van der Waals surface area contributed by atoms with E-state index in [9.17, 15) is 9.59 Å². The average molecular weight is 385 g/mol. The SMILES string of the molecule is O=C(NCc1cccc2ccccc12)Nc1ccc2c(c1)N(C(=O)C1CC1)CC2. The molecule has 0 spiro atoms. The molecule has 3 aromatic carbocycles. The molecule has 0 saturated heterocycles. The van der Waals surface area contributed by atoms with Crippen LogP contribution in [0.25, 0.3) is 10.8 Å². The van der Waals surface area contributed by atoms with E-state index in [0.717, 1.165) is 47.8 Å². The van der Waals surface area contributed by atoms with Gasteiger partial charge in [0, 0.05) is 30.4 Å². The number of urea groups is 1. The number of amides is 3. The molecular formula is C24H23N3O2. The van der Waals surface area contributed by atoms with E-state index in [1.807, 2.05) is 47.4 Å². The van der Waals surface area contributed by atoms with Crippen molar-refractivity contribution < 1.29 is 9.59 Å². The summed E-state index contributed by atoms with van der Waals surface area (Å²) in [5, 5.41) is 8.14. The lowest BCUT2D eigenvalue weighted by molar-refractivity contribution is -0.119. The van der Waals surface area contributed by atoms with Gasteiger partial charge in [0.1, 0.15) is 0 Å². The summed E-state index contributed by atoms with van der Waals surface area (Å²) < 4.78 is 0. The number of carbonyl (C=O) groups is 2. The van der Waals surface area contributed by atoms with Crippen molar-refractivity contribution in [3.63, 3.8) is 0 Å². The van der Waals surface area contributed by atoms with Crippen LogP contribution in [-0.4, -0.2) is 18.5 Å². The maximum atomic E-state index is 12.5. The van der Waals surface area contributed by atoms with E-state index < -0.39 is 0 Å². The van der Waals surface area contributed by atoms with E-state index in [0.29, 0.717) is 12.2 Å². The third-order valence-corrected chi connectivity index (χ3v) is 5.75. The number of anilines is 2. The third-order valence-electron chi connectivity index (χ3n) is 5.75. The standard InChI is InChI=1S/C24H23N3O2/c28-23(18-8-9-18)27-13-12-17-10-11-20(14-22(17)27)26-24(29)25-15-19-6-3-5-16-4-1-2-7-21(16)19/h1-7,10-11,14,18H,8-9,12-13,15H2,(H2,25,26,29). The van der Waals surface area contributed by atoms with E-state index in [1.165, 1.54) is 5.56 Å². The van der Waals surface area contributed by atoms with Gasteiger partial charge in [0.2, 0.25) is 5.91 Å². The Labute approximate surface area is 169 Å². The Morgan fingerprint density at radius 3 is 2.69 bits per heavy atom. The van der Waals surface area contributed by atoms with Gasteiger partial charge in [-0.2, -0.15) is 0 Å². The fourth-order valence-corrected chi connectivity index (χ4v) is 4.03. The van der Waals surface area contributed by atoms with Crippen molar-refractivity contribution >= 4 is 34.1 Å². The second kappa shape index (κ2) is 7.24. The fraction of sp³-hybridized carbons (Fsp3) is 0.250. The van der Waals surface area contributed by atoms with E-state index in [-0.39, 0.29) is 17.9 Å². The molecule has 3 amide bonds. The van der Waals surface area contributed by atoms with Crippen LogP contribution in [-0.2, 0) is 17.8 Å². The molecule has 146 valence electrons. The first-order valence-corrected chi connectivity index (χ1v) is 10.1. The number of rotatable bonds is 4. The molecule has 5 heteroatoms. The fourth-order valence-electron chi connectivity index (χ4n) is 4.03. The minimum atomic E-state index is -0.254. The molecule has 2 aliphatic rings. The monoisotopic (exact) mass is 385 g/mol. The Morgan fingerprint density at radius 1 is 1.00 bits per heavy atom. The van der Waals surface area contributed by atoms with Crippen LogP contribution in [0, 0.1) is 5.92 Å². The van der Waals surface area contributed by atoms with Crippen molar-refractivity contribution in [3.05, 3.63) is 71.8 Å². The minimum Gasteiger partial charge on any atom is -0.334 e. The lowest BCUT2D eigenvalue weighted by atomic mass is 10.0. The Kier molecular flexibility index (Phi) is 4.43. The molecule has 0 bridgehead atoms. The van der Waals surface area contributed by atoms with Gasteiger partial charge in [0.25, 0.3) is 0 Å². The Bertz CT molecular complexity index is 1100. The van der Waals surface area contributed by atoms with Gasteiger partial charge in [-0.1, -0.05) is 48.5 Å². The van der Waals surface area contributed by atoms with E-state index >= 15 is 0 Å². The van der Waals surface area contributed by atoms with Crippen LogP contribution < -0.4 is 15.5 Å². The summed E-state index contributed by atoms with van der Waals surface area (Å²) in [7, 11) is 0. The van der Waals surface area contributed by atoms with Gasteiger partial charge >= 0.3 is 6.03 Å². The first kappa shape index (κ1) is 17.7. The van der Waals surface area contributed by atoms with Gasteiger partial charge in [0.15, 0.2) is 0 Å². The molecule has 29 heavy (non-hydrogen) atoms. The lowest BCUT2D eigenvalue weighted by Crippen LogP contribution is -2.30. The molecule has 1 aliphatic carbocycles. The highest BCUT2D eigenvalue weighted by atomic mass is 16.2. The van der Waals surface area contributed by atoms with Crippen molar-refractivity contribution in [1.82, 2.24) is 5.32 Å². The quantitative estimate of drug-likeness (QED) is 0.696. The van der Waals surface area contributed by atoms with Crippen LogP contribution in [0.15, 0.2) is 60.7 Å². The van der Waals surface area contributed by atoms with Crippen molar-refractivity contribution in [3.8, 4) is 0 Å². The second-order valence-corrected chi connectivity index (χ2v) is 7.80. The van der Waals surface area contributed by atoms with Gasteiger partial charge in [-0.25, -0.2) is 4.79 Å². The van der Waals surface area contributed by atoms with Crippen LogP contribution in [0.3, 0.4) is 0 Å². The molecule has 1 aliphatic heterocycles. The molecule has 0 radical (unpaired) electrons. The predicted octanol–water partition coefficient (Wildman–Crippen LogP) is 4.46. The van der Waals surface area contributed by atoms with Gasteiger partial charge < -0.3 is 15.5 Å². The zero-order valence-corrected chi connectivity index (χ0v) is 16.2. The second-order valence-electron chi connectivity index (χ2n) is 7.80. The first-order valence-electron chi connectivity index (χ1n) is 10.1. The summed E-state index contributed by atoms with van der Waals surface area (Å²) in [6.45, 7) is 1.19. The number of fused-ring (bicyclic) bond motifs is 2. The molecule has 0 unspecified atom stereocenters. The van der Waals surface area contributed by atoms with Gasteiger partial charge in [-0.15, -0.1) is 0 Å². The Hall–Kier alpha value is -3.34. The van der Waals surface area contributed by atoms with Crippen molar-refractivity contribution in [2.24, 2.45) is 5.92 Å². The molecule has 1 fully saturated rings. The van der Waals surface area contributed by atoms with Crippen molar-refractivity contribution in [2.75, 3.05) is 16.8 Å². The molecule has 0 aromatic heterocycles. The lowest BCUT2D eigenvalue weighted by Gasteiger charge is -2.18. The van der Waals surface area contributed by atoms with E-state index in [1.54, 1.807) is 0 Å². The van der Waals surface area contributed by atoms with Gasteiger partial charge in [-0.05, 0) is 53.3 Å². The molecular weight excluding hydrogens is 362 g/mol. The number of nitrogens with zero attached hydrogens (tertiary/aromatic N) is 1. The summed E-state index contributed by atoms with van der Waals surface area (Å²) >= 11 is 0. The number of carbonyl (C=O) groups excluding carboxylic acids is 2. The normalized spacial score (nSPS) is 15.2. The molecule has 0 atom stereocenters.